The lowest BCUT2D eigenvalue weighted by atomic mass is 10.2. The molecule has 0 N–H and O–H groups in total. The average molecular weight is 322 g/mol. The first kappa shape index (κ1) is 15.1. The summed E-state index contributed by atoms with van der Waals surface area (Å²) in [6.45, 7) is 0.586. The maximum atomic E-state index is 8.88. The van der Waals surface area contributed by atoms with Crippen LogP contribution in [0, 0.1) is 10.7 Å². The third kappa shape index (κ3) is 3.52. The number of rotatable bonds is 5. The summed E-state index contributed by atoms with van der Waals surface area (Å²) in [5, 5.41) is 19.3. The summed E-state index contributed by atoms with van der Waals surface area (Å²) in [5.74, 6) is 0.698. The fraction of sp³-hybridized carbons (Fsp3) is 0.118. The number of thioether (sulfide) groups is 1. The van der Waals surface area contributed by atoms with Gasteiger partial charge in [-0.15, -0.1) is 5.10 Å². The molecule has 114 valence electrons. The minimum absolute atomic E-state index is 0.586. The van der Waals surface area contributed by atoms with Gasteiger partial charge in [0, 0.05) is 5.56 Å². The van der Waals surface area contributed by atoms with Gasteiger partial charge >= 0.3 is 0 Å². The van der Waals surface area contributed by atoms with Crippen molar-refractivity contribution in [2.75, 3.05) is 7.11 Å². The first-order valence-electron chi connectivity index (χ1n) is 6.98. The molecular weight excluding hydrogens is 308 g/mol. The van der Waals surface area contributed by atoms with E-state index in [4.69, 9.17) is 10.00 Å². The van der Waals surface area contributed by atoms with Crippen LogP contribution >= 0.6 is 11.8 Å². The SMILES string of the molecule is COc1ccc(Cn2cc(-c3ccccc3)nn2)cc1SC#N. The van der Waals surface area contributed by atoms with E-state index >= 15 is 0 Å². The van der Waals surface area contributed by atoms with Gasteiger partial charge in [-0.1, -0.05) is 41.6 Å². The van der Waals surface area contributed by atoms with E-state index in [0.29, 0.717) is 12.3 Å². The number of hydrogen-bond donors (Lipinski definition) is 0. The standard InChI is InChI=1S/C17H14N4OS/c1-22-16-8-7-13(9-17(16)23-12-18)10-21-11-15(19-20-21)14-5-3-2-4-6-14/h2-9,11H,10H2,1H3. The maximum Gasteiger partial charge on any atom is 0.138 e. The van der Waals surface area contributed by atoms with Crippen molar-refractivity contribution in [1.29, 1.82) is 5.26 Å². The van der Waals surface area contributed by atoms with Crippen molar-refractivity contribution in [2.45, 2.75) is 11.4 Å². The lowest BCUT2D eigenvalue weighted by Gasteiger charge is -2.07. The molecular formula is C17H14N4OS. The molecule has 0 aliphatic heterocycles. The second-order valence-corrected chi connectivity index (χ2v) is 5.67. The predicted molar refractivity (Wildman–Crippen MR) is 89.0 cm³/mol. The summed E-state index contributed by atoms with van der Waals surface area (Å²) < 4.78 is 7.04. The number of benzene rings is 2. The fourth-order valence-corrected chi connectivity index (χ4v) is 2.81. The highest BCUT2D eigenvalue weighted by Gasteiger charge is 2.08. The van der Waals surface area contributed by atoms with Gasteiger partial charge < -0.3 is 4.74 Å². The highest BCUT2D eigenvalue weighted by atomic mass is 32.2. The molecule has 0 radical (unpaired) electrons. The minimum Gasteiger partial charge on any atom is -0.496 e. The van der Waals surface area contributed by atoms with Crippen LogP contribution in [0.25, 0.3) is 11.3 Å². The number of methoxy groups -OCH3 is 1. The number of ether oxygens (including phenoxy) is 1. The number of thiocyanates is 1. The molecule has 3 aromatic rings. The lowest BCUT2D eigenvalue weighted by Crippen LogP contribution is -2.01. The van der Waals surface area contributed by atoms with E-state index in [1.54, 1.807) is 11.8 Å². The van der Waals surface area contributed by atoms with Crippen LogP contribution in [-0.4, -0.2) is 22.1 Å². The Morgan fingerprint density at radius 3 is 2.78 bits per heavy atom. The molecule has 6 heteroatoms. The molecule has 1 aromatic heterocycles. The molecule has 1 heterocycles. The number of nitriles is 1. The smallest absolute Gasteiger partial charge is 0.138 e. The van der Waals surface area contributed by atoms with Gasteiger partial charge in [0.15, 0.2) is 0 Å². The second-order valence-electron chi connectivity index (χ2n) is 4.85. The Morgan fingerprint density at radius 1 is 1.22 bits per heavy atom. The molecule has 3 rings (SSSR count). The third-order valence-corrected chi connectivity index (χ3v) is 3.97. The summed E-state index contributed by atoms with van der Waals surface area (Å²) >= 11 is 1.09. The van der Waals surface area contributed by atoms with E-state index < -0.39 is 0 Å². The van der Waals surface area contributed by atoms with E-state index in [1.807, 2.05) is 54.7 Å². The zero-order chi connectivity index (χ0) is 16.1. The Bertz CT molecular complexity index is 839. The monoisotopic (exact) mass is 322 g/mol. The molecule has 0 spiro atoms. The molecule has 0 bridgehead atoms. The largest absolute Gasteiger partial charge is 0.496 e. The lowest BCUT2D eigenvalue weighted by molar-refractivity contribution is 0.404. The molecule has 0 fully saturated rings. The predicted octanol–water partition coefficient (Wildman–Crippen LogP) is 3.58. The van der Waals surface area contributed by atoms with Crippen molar-refractivity contribution in [3.8, 4) is 22.4 Å². The Kier molecular flexibility index (Phi) is 4.60. The molecule has 5 nitrogen and oxygen atoms in total. The topological polar surface area (TPSA) is 63.7 Å². The molecule has 23 heavy (non-hydrogen) atoms. The molecule has 0 saturated carbocycles. The summed E-state index contributed by atoms with van der Waals surface area (Å²) in [4.78, 5) is 0.802. The van der Waals surface area contributed by atoms with Crippen LogP contribution in [0.1, 0.15) is 5.56 Å². The number of hydrogen-bond acceptors (Lipinski definition) is 5. The van der Waals surface area contributed by atoms with Crippen LogP contribution in [0.4, 0.5) is 0 Å². The van der Waals surface area contributed by atoms with Gasteiger partial charge in [-0.05, 0) is 29.5 Å². The highest BCUT2D eigenvalue weighted by Crippen LogP contribution is 2.29. The minimum atomic E-state index is 0.586. The van der Waals surface area contributed by atoms with Crippen molar-refractivity contribution >= 4 is 11.8 Å². The quantitative estimate of drug-likeness (QED) is 0.531. The van der Waals surface area contributed by atoms with Crippen LogP contribution < -0.4 is 4.74 Å². The van der Waals surface area contributed by atoms with Crippen LogP contribution in [0.3, 0.4) is 0 Å². The Balaban J connectivity index is 1.81. The average Bonchev–Trinajstić information content (AvgIpc) is 3.05. The van der Waals surface area contributed by atoms with Crippen molar-refractivity contribution in [1.82, 2.24) is 15.0 Å². The van der Waals surface area contributed by atoms with Crippen molar-refractivity contribution in [3.63, 3.8) is 0 Å². The van der Waals surface area contributed by atoms with Crippen LogP contribution in [0.15, 0.2) is 59.6 Å². The second kappa shape index (κ2) is 6.99. The third-order valence-electron chi connectivity index (χ3n) is 3.34. The highest BCUT2D eigenvalue weighted by molar-refractivity contribution is 8.03. The van der Waals surface area contributed by atoms with Gasteiger partial charge in [-0.25, -0.2) is 4.68 Å². The normalized spacial score (nSPS) is 10.3. The number of aromatic nitrogens is 3. The fourth-order valence-electron chi connectivity index (χ4n) is 2.25. The van der Waals surface area contributed by atoms with Crippen LogP contribution in [0.2, 0.25) is 0 Å². The summed E-state index contributed by atoms with van der Waals surface area (Å²) in [5.41, 5.74) is 2.91. The van der Waals surface area contributed by atoms with Gasteiger partial charge in [0.05, 0.1) is 24.7 Å². The molecule has 0 saturated heterocycles. The summed E-state index contributed by atoms with van der Waals surface area (Å²) in [7, 11) is 1.60. The Hall–Kier alpha value is -2.78. The zero-order valence-electron chi connectivity index (χ0n) is 12.5. The molecule has 0 unspecified atom stereocenters. The zero-order valence-corrected chi connectivity index (χ0v) is 13.3. The molecule has 2 aromatic carbocycles. The van der Waals surface area contributed by atoms with Gasteiger partial charge in [-0.2, -0.15) is 5.26 Å². The molecule has 0 aliphatic carbocycles. The molecule has 0 atom stereocenters. The van der Waals surface area contributed by atoms with E-state index in [0.717, 1.165) is 33.5 Å². The summed E-state index contributed by atoms with van der Waals surface area (Å²) in [6.07, 6.45) is 1.91. The van der Waals surface area contributed by atoms with Crippen molar-refractivity contribution in [3.05, 3.63) is 60.3 Å². The Morgan fingerprint density at radius 2 is 2.04 bits per heavy atom. The van der Waals surface area contributed by atoms with E-state index in [2.05, 4.69) is 15.7 Å². The van der Waals surface area contributed by atoms with Crippen LogP contribution in [-0.2, 0) is 6.54 Å². The van der Waals surface area contributed by atoms with E-state index in [1.165, 1.54) is 0 Å². The number of nitrogens with zero attached hydrogens (tertiary/aromatic N) is 4. The Labute approximate surface area is 138 Å². The van der Waals surface area contributed by atoms with Crippen molar-refractivity contribution in [2.24, 2.45) is 0 Å². The molecule has 0 aliphatic rings. The van der Waals surface area contributed by atoms with Crippen LogP contribution in [0.5, 0.6) is 5.75 Å². The first-order valence-corrected chi connectivity index (χ1v) is 7.80. The van der Waals surface area contributed by atoms with Gasteiger partial charge in [0.1, 0.15) is 16.8 Å². The molecule has 0 amide bonds. The van der Waals surface area contributed by atoms with Gasteiger partial charge in [-0.3, -0.25) is 0 Å². The first-order chi connectivity index (χ1) is 11.3. The summed E-state index contributed by atoms with van der Waals surface area (Å²) in [6, 6.07) is 15.7. The van der Waals surface area contributed by atoms with E-state index in [-0.39, 0.29) is 0 Å². The van der Waals surface area contributed by atoms with E-state index in [9.17, 15) is 0 Å². The van der Waals surface area contributed by atoms with Crippen molar-refractivity contribution < 1.29 is 4.74 Å². The van der Waals surface area contributed by atoms with Gasteiger partial charge in [0.2, 0.25) is 0 Å². The van der Waals surface area contributed by atoms with Gasteiger partial charge in [0.25, 0.3) is 0 Å². The maximum absolute atomic E-state index is 8.88.